The monoisotopic (exact) mass is 455 g/mol. The van der Waals surface area contributed by atoms with Gasteiger partial charge < -0.3 is 4.90 Å². The van der Waals surface area contributed by atoms with Crippen molar-refractivity contribution < 1.29 is 4.79 Å². The van der Waals surface area contributed by atoms with Gasteiger partial charge in [-0.25, -0.2) is 19.3 Å². The number of hydrogen-bond acceptors (Lipinski definition) is 7. The van der Waals surface area contributed by atoms with Crippen LogP contribution < -0.4 is 5.69 Å². The van der Waals surface area contributed by atoms with Crippen LogP contribution in [0.4, 0.5) is 0 Å². The molecule has 1 fully saturated rings. The first-order chi connectivity index (χ1) is 16.5. The molecular formula is C23H21N9O2. The van der Waals surface area contributed by atoms with Gasteiger partial charge in [-0.2, -0.15) is 15.6 Å². The molecule has 0 atom stereocenters. The van der Waals surface area contributed by atoms with E-state index in [4.69, 9.17) is 10.2 Å². The minimum Gasteiger partial charge on any atom is -0.342 e. The summed E-state index contributed by atoms with van der Waals surface area (Å²) in [5.74, 6) is 0.491. The summed E-state index contributed by atoms with van der Waals surface area (Å²) in [5, 5.41) is 22.3. The van der Waals surface area contributed by atoms with Crippen molar-refractivity contribution in [3.63, 3.8) is 0 Å². The Morgan fingerprint density at radius 2 is 2.00 bits per heavy atom. The van der Waals surface area contributed by atoms with Gasteiger partial charge in [-0.1, -0.05) is 0 Å². The molecule has 11 heteroatoms. The zero-order valence-electron chi connectivity index (χ0n) is 18.5. The fourth-order valence-corrected chi connectivity index (χ4v) is 4.50. The van der Waals surface area contributed by atoms with Crippen molar-refractivity contribution >= 4 is 22.6 Å². The lowest BCUT2D eigenvalue weighted by Crippen LogP contribution is -2.39. The summed E-state index contributed by atoms with van der Waals surface area (Å²) in [5.41, 5.74) is 2.88. The maximum Gasteiger partial charge on any atom is 0.330 e. The van der Waals surface area contributed by atoms with E-state index in [0.29, 0.717) is 53.3 Å². The maximum absolute atomic E-state index is 13.0. The fraction of sp³-hybridized carbons (Fsp3) is 0.348. The minimum atomic E-state index is -0.170. The maximum atomic E-state index is 13.0. The highest BCUT2D eigenvalue weighted by molar-refractivity contribution is 5.80. The molecule has 0 unspecified atom stereocenters. The molecule has 0 bridgehead atoms. The Bertz CT molecular complexity index is 1560. The van der Waals surface area contributed by atoms with Crippen LogP contribution in [0.1, 0.15) is 24.8 Å². The third-order valence-electron chi connectivity index (χ3n) is 6.41. The van der Waals surface area contributed by atoms with Crippen LogP contribution in [-0.2, 0) is 18.4 Å². The topological polar surface area (TPSA) is 138 Å². The summed E-state index contributed by atoms with van der Waals surface area (Å²) in [7, 11) is 1.70. The highest BCUT2D eigenvalue weighted by Gasteiger charge is 2.25. The molecule has 1 amide bonds. The first kappa shape index (κ1) is 21.3. The number of fused-ring (bicyclic) bond motifs is 2. The van der Waals surface area contributed by atoms with E-state index in [1.807, 2.05) is 6.07 Å². The van der Waals surface area contributed by atoms with Gasteiger partial charge in [0, 0.05) is 32.9 Å². The summed E-state index contributed by atoms with van der Waals surface area (Å²) in [6, 6.07) is 7.45. The minimum absolute atomic E-state index is 0.105. The molecule has 1 aliphatic heterocycles. The van der Waals surface area contributed by atoms with Crippen LogP contribution in [0.3, 0.4) is 0 Å². The number of nitrogens with zero attached hydrogens (tertiary/aromatic N) is 9. The van der Waals surface area contributed by atoms with Gasteiger partial charge in [0.25, 0.3) is 0 Å². The second-order valence-corrected chi connectivity index (χ2v) is 8.43. The number of nitriles is 2. The van der Waals surface area contributed by atoms with Gasteiger partial charge in [-0.05, 0) is 30.9 Å². The lowest BCUT2D eigenvalue weighted by molar-refractivity contribution is -0.131. The van der Waals surface area contributed by atoms with E-state index < -0.39 is 0 Å². The molecular weight excluding hydrogens is 434 g/mol. The van der Waals surface area contributed by atoms with Gasteiger partial charge in [0.05, 0.1) is 41.2 Å². The molecule has 0 aliphatic carbocycles. The number of piperidine rings is 1. The average Bonchev–Trinajstić information content (AvgIpc) is 3.38. The summed E-state index contributed by atoms with van der Waals surface area (Å²) in [6.07, 6.45) is 6.40. The third-order valence-corrected chi connectivity index (χ3v) is 6.41. The van der Waals surface area contributed by atoms with E-state index in [2.05, 4.69) is 16.2 Å². The van der Waals surface area contributed by atoms with Gasteiger partial charge in [-0.15, -0.1) is 0 Å². The summed E-state index contributed by atoms with van der Waals surface area (Å²) < 4.78 is 4.86. The molecule has 0 saturated carbocycles. The molecule has 5 heterocycles. The number of rotatable bonds is 4. The van der Waals surface area contributed by atoms with Crippen LogP contribution in [0.15, 0.2) is 35.5 Å². The van der Waals surface area contributed by atoms with Gasteiger partial charge in [0.15, 0.2) is 11.5 Å². The summed E-state index contributed by atoms with van der Waals surface area (Å²) in [4.78, 5) is 35.9. The van der Waals surface area contributed by atoms with Gasteiger partial charge >= 0.3 is 5.69 Å². The van der Waals surface area contributed by atoms with E-state index in [1.54, 1.807) is 51.8 Å². The predicted molar refractivity (Wildman–Crippen MR) is 121 cm³/mol. The number of amides is 1. The summed E-state index contributed by atoms with van der Waals surface area (Å²) in [6.45, 7) is 1.64. The van der Waals surface area contributed by atoms with Crippen LogP contribution in [-0.4, -0.2) is 52.6 Å². The van der Waals surface area contributed by atoms with E-state index >= 15 is 0 Å². The second kappa shape index (κ2) is 8.45. The number of aromatic nitrogens is 6. The Hall–Kier alpha value is -4.51. The van der Waals surface area contributed by atoms with Crippen molar-refractivity contribution in [1.29, 1.82) is 10.5 Å². The fourth-order valence-electron chi connectivity index (χ4n) is 4.50. The predicted octanol–water partition coefficient (Wildman–Crippen LogP) is 1.47. The molecule has 1 saturated heterocycles. The number of imidazole rings is 1. The SMILES string of the molecule is Cn1c(=O)n(CC2CCN(C(=O)CC#N)CC2)c2nc(-c3cnn4ccc(C#N)cc34)ncc21. The van der Waals surface area contributed by atoms with Gasteiger partial charge in [0.2, 0.25) is 5.91 Å². The lowest BCUT2D eigenvalue weighted by Gasteiger charge is -2.31. The molecule has 0 aromatic carbocycles. The molecule has 170 valence electrons. The van der Waals surface area contributed by atoms with E-state index in [-0.39, 0.29) is 23.9 Å². The number of aryl methyl sites for hydroxylation is 1. The molecule has 0 N–H and O–H groups in total. The number of likely N-dealkylation sites (tertiary alicyclic amines) is 1. The molecule has 0 spiro atoms. The Morgan fingerprint density at radius 1 is 1.21 bits per heavy atom. The first-order valence-electron chi connectivity index (χ1n) is 10.9. The molecule has 34 heavy (non-hydrogen) atoms. The van der Waals surface area contributed by atoms with Crippen LogP contribution in [0.5, 0.6) is 0 Å². The van der Waals surface area contributed by atoms with E-state index in [0.717, 1.165) is 12.8 Å². The van der Waals surface area contributed by atoms with Crippen molar-refractivity contribution in [2.75, 3.05) is 13.1 Å². The number of carbonyl (C=O) groups is 1. The molecule has 1 aliphatic rings. The van der Waals surface area contributed by atoms with E-state index in [9.17, 15) is 14.9 Å². The van der Waals surface area contributed by atoms with Crippen molar-refractivity contribution in [2.45, 2.75) is 25.8 Å². The van der Waals surface area contributed by atoms with Crippen LogP contribution in [0.25, 0.3) is 28.1 Å². The molecule has 4 aromatic heterocycles. The molecule has 5 rings (SSSR count). The zero-order chi connectivity index (χ0) is 23.8. The Kier molecular flexibility index (Phi) is 5.30. The zero-order valence-corrected chi connectivity index (χ0v) is 18.5. The quantitative estimate of drug-likeness (QED) is 0.454. The van der Waals surface area contributed by atoms with Crippen molar-refractivity contribution in [1.82, 2.24) is 33.6 Å². The number of pyridine rings is 1. The standard InChI is InChI=1S/C23H21N9O2/c1-29-19-13-26-21(17-12-27-32-9-5-16(11-25)10-18(17)32)28-22(19)31(23(29)34)14-15-3-7-30(8-4-15)20(33)2-6-24/h5,9-10,12-13,15H,2-4,7-8,14H2,1H3. The van der Waals surface area contributed by atoms with Crippen molar-refractivity contribution in [3.8, 4) is 23.5 Å². The van der Waals surface area contributed by atoms with Gasteiger partial charge in [0.1, 0.15) is 11.9 Å². The normalized spacial score (nSPS) is 14.4. The lowest BCUT2D eigenvalue weighted by atomic mass is 9.96. The molecule has 4 aromatic rings. The molecule has 0 radical (unpaired) electrons. The Labute approximate surface area is 194 Å². The highest BCUT2D eigenvalue weighted by Crippen LogP contribution is 2.25. The first-order valence-corrected chi connectivity index (χ1v) is 10.9. The number of hydrogen-bond donors (Lipinski definition) is 0. The van der Waals surface area contributed by atoms with Crippen LogP contribution in [0, 0.1) is 28.6 Å². The third kappa shape index (κ3) is 3.57. The van der Waals surface area contributed by atoms with Gasteiger partial charge in [-0.3, -0.25) is 13.9 Å². The van der Waals surface area contributed by atoms with Crippen LogP contribution >= 0.6 is 0 Å². The van der Waals surface area contributed by atoms with Crippen LogP contribution in [0.2, 0.25) is 0 Å². The van der Waals surface area contributed by atoms with Crippen molar-refractivity contribution in [3.05, 3.63) is 46.8 Å². The second-order valence-electron chi connectivity index (χ2n) is 8.43. The average molecular weight is 455 g/mol. The molecule has 11 nitrogen and oxygen atoms in total. The number of carbonyl (C=O) groups excluding carboxylic acids is 1. The largest absolute Gasteiger partial charge is 0.342 e. The van der Waals surface area contributed by atoms with Crippen molar-refractivity contribution in [2.24, 2.45) is 13.0 Å². The summed E-state index contributed by atoms with van der Waals surface area (Å²) >= 11 is 0. The Balaban J connectivity index is 1.47. The van der Waals surface area contributed by atoms with E-state index in [1.165, 1.54) is 4.57 Å². The smallest absolute Gasteiger partial charge is 0.330 e. The Morgan fingerprint density at radius 3 is 2.74 bits per heavy atom. The highest BCUT2D eigenvalue weighted by atomic mass is 16.2.